The molecular formula is C15H20O3S. The van der Waals surface area contributed by atoms with Gasteiger partial charge in [-0.3, -0.25) is 9.59 Å². The molecule has 0 aromatic carbocycles. The smallest absolute Gasteiger partial charge is 0.306 e. The van der Waals surface area contributed by atoms with Crippen LogP contribution in [0.2, 0.25) is 0 Å². The van der Waals surface area contributed by atoms with E-state index in [1.807, 2.05) is 11.4 Å². The molecule has 0 bridgehead atoms. The van der Waals surface area contributed by atoms with Crippen LogP contribution in [-0.2, 0) is 9.53 Å². The summed E-state index contributed by atoms with van der Waals surface area (Å²) in [6, 6.07) is 3.64. The molecule has 0 radical (unpaired) electrons. The van der Waals surface area contributed by atoms with Gasteiger partial charge in [0.2, 0.25) is 0 Å². The molecule has 0 aliphatic heterocycles. The standard InChI is InChI=1S/C15H20O3S/c16-13(14-8-5-11-19-14)9-10-15(17)18-12-6-3-1-2-4-7-12/h5,8,11-12H,1-4,6-7,9-10H2. The predicted octanol–water partition coefficient (Wildman–Crippen LogP) is 3.98. The summed E-state index contributed by atoms with van der Waals surface area (Å²) in [5.41, 5.74) is 0. The average Bonchev–Trinajstić information content (AvgIpc) is 2.82. The highest BCUT2D eigenvalue weighted by Crippen LogP contribution is 2.20. The molecule has 1 aromatic heterocycles. The zero-order valence-corrected chi connectivity index (χ0v) is 11.9. The molecule has 1 aliphatic rings. The molecule has 0 spiro atoms. The number of Topliss-reactive ketones (excluding diaryl/α,β-unsaturated/α-hetero) is 1. The van der Waals surface area contributed by atoms with Gasteiger partial charge in [0.05, 0.1) is 11.3 Å². The summed E-state index contributed by atoms with van der Waals surface area (Å²) in [5, 5.41) is 1.87. The summed E-state index contributed by atoms with van der Waals surface area (Å²) in [7, 11) is 0. The Kier molecular flexibility index (Phi) is 5.58. The second-order valence-corrected chi connectivity index (χ2v) is 5.95. The van der Waals surface area contributed by atoms with Crippen LogP contribution >= 0.6 is 11.3 Å². The fraction of sp³-hybridized carbons (Fsp3) is 0.600. The van der Waals surface area contributed by atoms with Crippen LogP contribution in [0, 0.1) is 0 Å². The van der Waals surface area contributed by atoms with E-state index >= 15 is 0 Å². The Hall–Kier alpha value is -1.16. The highest BCUT2D eigenvalue weighted by Gasteiger charge is 2.17. The van der Waals surface area contributed by atoms with E-state index in [9.17, 15) is 9.59 Å². The van der Waals surface area contributed by atoms with Crippen LogP contribution in [0.15, 0.2) is 17.5 Å². The monoisotopic (exact) mass is 280 g/mol. The van der Waals surface area contributed by atoms with Crippen molar-refractivity contribution >= 4 is 23.1 Å². The SMILES string of the molecule is O=C(CCC(=O)c1cccs1)OC1CCCCCC1. The van der Waals surface area contributed by atoms with E-state index in [0.29, 0.717) is 0 Å². The third-order valence-electron chi connectivity index (χ3n) is 3.45. The van der Waals surface area contributed by atoms with Crippen LogP contribution < -0.4 is 0 Å². The van der Waals surface area contributed by atoms with Gasteiger partial charge in [0, 0.05) is 6.42 Å². The molecule has 2 rings (SSSR count). The van der Waals surface area contributed by atoms with Crippen molar-refractivity contribution in [3.8, 4) is 0 Å². The van der Waals surface area contributed by atoms with E-state index in [2.05, 4.69) is 0 Å². The minimum absolute atomic E-state index is 0.0350. The molecule has 19 heavy (non-hydrogen) atoms. The second kappa shape index (κ2) is 7.43. The molecule has 0 N–H and O–H groups in total. The van der Waals surface area contributed by atoms with Crippen molar-refractivity contribution in [1.82, 2.24) is 0 Å². The van der Waals surface area contributed by atoms with Crippen molar-refractivity contribution in [2.75, 3.05) is 0 Å². The van der Waals surface area contributed by atoms with Crippen LogP contribution in [0.1, 0.15) is 61.0 Å². The van der Waals surface area contributed by atoms with Gasteiger partial charge >= 0.3 is 5.97 Å². The van der Waals surface area contributed by atoms with E-state index < -0.39 is 0 Å². The molecule has 104 valence electrons. The van der Waals surface area contributed by atoms with Gasteiger partial charge in [0.15, 0.2) is 5.78 Å². The third kappa shape index (κ3) is 4.78. The Morgan fingerprint density at radius 2 is 1.89 bits per heavy atom. The summed E-state index contributed by atoms with van der Waals surface area (Å²) in [4.78, 5) is 24.2. The number of carbonyl (C=O) groups is 2. The molecule has 1 aliphatic carbocycles. The molecule has 1 aromatic rings. The number of carbonyl (C=O) groups excluding carboxylic acids is 2. The van der Waals surface area contributed by atoms with Crippen LogP contribution in [-0.4, -0.2) is 17.9 Å². The van der Waals surface area contributed by atoms with Gasteiger partial charge in [-0.25, -0.2) is 0 Å². The first kappa shape index (κ1) is 14.3. The molecule has 3 nitrogen and oxygen atoms in total. The average molecular weight is 280 g/mol. The van der Waals surface area contributed by atoms with Gasteiger partial charge in [0.25, 0.3) is 0 Å². The number of esters is 1. The van der Waals surface area contributed by atoms with Crippen LogP contribution in [0.25, 0.3) is 0 Å². The van der Waals surface area contributed by atoms with E-state index in [1.54, 1.807) is 6.07 Å². The summed E-state index contributed by atoms with van der Waals surface area (Å²) in [6.07, 6.45) is 7.26. The Bertz CT molecular complexity index is 403. The lowest BCUT2D eigenvalue weighted by Crippen LogP contribution is -2.18. The number of rotatable bonds is 5. The van der Waals surface area contributed by atoms with Crippen molar-refractivity contribution in [2.24, 2.45) is 0 Å². The molecule has 4 heteroatoms. The number of hydrogen-bond acceptors (Lipinski definition) is 4. The fourth-order valence-electron chi connectivity index (χ4n) is 2.38. The van der Waals surface area contributed by atoms with Gasteiger partial charge in [-0.1, -0.05) is 18.9 Å². The Labute approximate surface area is 118 Å². The lowest BCUT2D eigenvalue weighted by atomic mass is 10.1. The first-order valence-corrected chi connectivity index (χ1v) is 7.90. The summed E-state index contributed by atoms with van der Waals surface area (Å²) in [5.74, 6) is -0.190. The quantitative estimate of drug-likeness (QED) is 0.465. The molecule has 1 fully saturated rings. The van der Waals surface area contributed by atoms with Crippen molar-refractivity contribution in [3.63, 3.8) is 0 Å². The van der Waals surface area contributed by atoms with Crippen LogP contribution in [0.5, 0.6) is 0 Å². The molecule has 1 heterocycles. The first-order chi connectivity index (χ1) is 9.25. The van der Waals surface area contributed by atoms with E-state index in [-0.39, 0.29) is 30.7 Å². The predicted molar refractivity (Wildman–Crippen MR) is 75.5 cm³/mol. The minimum Gasteiger partial charge on any atom is -0.462 e. The molecule has 0 atom stereocenters. The second-order valence-electron chi connectivity index (χ2n) is 5.00. The zero-order valence-electron chi connectivity index (χ0n) is 11.1. The lowest BCUT2D eigenvalue weighted by molar-refractivity contribution is -0.149. The molecule has 0 unspecified atom stereocenters. The van der Waals surface area contributed by atoms with Gasteiger partial charge in [-0.05, 0) is 37.1 Å². The minimum atomic E-state index is -0.225. The highest BCUT2D eigenvalue weighted by molar-refractivity contribution is 7.12. The first-order valence-electron chi connectivity index (χ1n) is 7.02. The lowest BCUT2D eigenvalue weighted by Gasteiger charge is -2.15. The number of ether oxygens (including phenoxy) is 1. The molecule has 0 saturated heterocycles. The largest absolute Gasteiger partial charge is 0.462 e. The normalized spacial score (nSPS) is 16.8. The summed E-state index contributed by atoms with van der Waals surface area (Å²) in [6.45, 7) is 0. The Morgan fingerprint density at radius 1 is 1.16 bits per heavy atom. The zero-order chi connectivity index (χ0) is 13.5. The topological polar surface area (TPSA) is 43.4 Å². The summed E-state index contributed by atoms with van der Waals surface area (Å²) < 4.78 is 5.45. The number of hydrogen-bond donors (Lipinski definition) is 0. The van der Waals surface area contributed by atoms with E-state index in [1.165, 1.54) is 24.2 Å². The maximum absolute atomic E-state index is 11.8. The van der Waals surface area contributed by atoms with E-state index in [4.69, 9.17) is 4.74 Å². The fourth-order valence-corrected chi connectivity index (χ4v) is 3.07. The van der Waals surface area contributed by atoms with Crippen LogP contribution in [0.3, 0.4) is 0 Å². The Morgan fingerprint density at radius 3 is 2.53 bits per heavy atom. The van der Waals surface area contributed by atoms with Crippen LogP contribution in [0.4, 0.5) is 0 Å². The van der Waals surface area contributed by atoms with E-state index in [0.717, 1.165) is 30.6 Å². The van der Waals surface area contributed by atoms with Crippen molar-refractivity contribution in [1.29, 1.82) is 0 Å². The summed E-state index contributed by atoms with van der Waals surface area (Å²) >= 11 is 1.42. The molecular weight excluding hydrogens is 260 g/mol. The number of thiophene rings is 1. The van der Waals surface area contributed by atoms with Gasteiger partial charge in [-0.2, -0.15) is 0 Å². The van der Waals surface area contributed by atoms with Crippen molar-refractivity contribution in [2.45, 2.75) is 57.5 Å². The molecule has 1 saturated carbocycles. The maximum atomic E-state index is 11.8. The molecule has 0 amide bonds. The van der Waals surface area contributed by atoms with Crippen molar-refractivity contribution < 1.29 is 14.3 Å². The maximum Gasteiger partial charge on any atom is 0.306 e. The number of ketones is 1. The third-order valence-corrected chi connectivity index (χ3v) is 4.36. The van der Waals surface area contributed by atoms with Gasteiger partial charge in [-0.15, -0.1) is 11.3 Å². The van der Waals surface area contributed by atoms with Gasteiger partial charge < -0.3 is 4.74 Å². The highest BCUT2D eigenvalue weighted by atomic mass is 32.1. The van der Waals surface area contributed by atoms with Crippen molar-refractivity contribution in [3.05, 3.63) is 22.4 Å². The van der Waals surface area contributed by atoms with Gasteiger partial charge in [0.1, 0.15) is 6.10 Å². The Balaban J connectivity index is 1.70.